The Morgan fingerprint density at radius 3 is 2.36 bits per heavy atom. The number of nitrogens with zero attached hydrogens (tertiary/aromatic N) is 1. The number of carbonyl (C=O) groups excluding carboxylic acids is 2. The van der Waals surface area contributed by atoms with Crippen molar-refractivity contribution in [2.75, 3.05) is 11.4 Å². The van der Waals surface area contributed by atoms with E-state index >= 15 is 0 Å². The van der Waals surface area contributed by atoms with Crippen molar-refractivity contribution < 1.29 is 14.0 Å². The number of amides is 2. The van der Waals surface area contributed by atoms with Crippen LogP contribution >= 0.6 is 23.2 Å². The molecule has 0 aliphatic heterocycles. The Balaban J connectivity index is 1.95. The number of anilines is 1. The molecule has 25 heavy (non-hydrogen) atoms. The van der Waals surface area contributed by atoms with Gasteiger partial charge in [0.2, 0.25) is 11.8 Å². The Morgan fingerprint density at radius 1 is 1.12 bits per heavy atom. The smallest absolute Gasteiger partial charge is 0.223 e. The molecule has 0 unspecified atom stereocenters. The minimum absolute atomic E-state index is 0.0676. The van der Waals surface area contributed by atoms with E-state index in [9.17, 15) is 14.0 Å². The number of hydrogen-bond acceptors (Lipinski definition) is 2. The van der Waals surface area contributed by atoms with Gasteiger partial charge >= 0.3 is 0 Å². The summed E-state index contributed by atoms with van der Waals surface area (Å²) in [5.41, 5.74) is 0.924. The van der Waals surface area contributed by atoms with E-state index in [0.717, 1.165) is 0 Å². The van der Waals surface area contributed by atoms with Gasteiger partial charge in [-0.2, -0.15) is 0 Å². The zero-order valence-corrected chi connectivity index (χ0v) is 15.1. The second kappa shape index (κ2) is 8.83. The van der Waals surface area contributed by atoms with Crippen molar-refractivity contribution in [1.82, 2.24) is 5.32 Å². The maximum atomic E-state index is 13.5. The molecule has 0 saturated heterocycles. The van der Waals surface area contributed by atoms with Crippen molar-refractivity contribution in [2.24, 2.45) is 0 Å². The average molecular weight is 383 g/mol. The van der Waals surface area contributed by atoms with Crippen molar-refractivity contribution in [3.63, 3.8) is 0 Å². The van der Waals surface area contributed by atoms with Crippen LogP contribution in [0.4, 0.5) is 10.1 Å². The lowest BCUT2D eigenvalue weighted by atomic mass is 10.2. The third kappa shape index (κ3) is 5.73. The van der Waals surface area contributed by atoms with E-state index in [2.05, 4.69) is 5.32 Å². The highest BCUT2D eigenvalue weighted by Gasteiger charge is 2.15. The molecule has 2 aromatic rings. The van der Waals surface area contributed by atoms with Gasteiger partial charge in [0, 0.05) is 47.7 Å². The second-order valence-electron chi connectivity index (χ2n) is 5.42. The molecule has 0 aliphatic rings. The van der Waals surface area contributed by atoms with Crippen LogP contribution in [0.5, 0.6) is 0 Å². The van der Waals surface area contributed by atoms with Crippen LogP contribution in [-0.2, 0) is 16.1 Å². The normalized spacial score (nSPS) is 10.4. The highest BCUT2D eigenvalue weighted by molar-refractivity contribution is 6.35. The number of benzene rings is 2. The number of carbonyl (C=O) groups is 2. The molecule has 2 aromatic carbocycles. The van der Waals surface area contributed by atoms with Crippen LogP contribution in [0.2, 0.25) is 10.0 Å². The summed E-state index contributed by atoms with van der Waals surface area (Å²) in [6, 6.07) is 11.0. The maximum absolute atomic E-state index is 13.5. The first-order valence-electron chi connectivity index (χ1n) is 7.61. The fourth-order valence-corrected chi connectivity index (χ4v) is 2.82. The number of halogens is 3. The molecule has 0 aromatic heterocycles. The highest BCUT2D eigenvalue weighted by atomic mass is 35.5. The van der Waals surface area contributed by atoms with E-state index in [1.54, 1.807) is 36.4 Å². The molecule has 7 heteroatoms. The van der Waals surface area contributed by atoms with Crippen molar-refractivity contribution in [1.29, 1.82) is 0 Å². The van der Waals surface area contributed by atoms with Gasteiger partial charge in [0.15, 0.2) is 0 Å². The molecule has 0 radical (unpaired) electrons. The van der Waals surface area contributed by atoms with Crippen LogP contribution in [0.1, 0.15) is 18.9 Å². The van der Waals surface area contributed by atoms with Gasteiger partial charge in [-0.15, -0.1) is 0 Å². The molecule has 4 nitrogen and oxygen atoms in total. The van der Waals surface area contributed by atoms with E-state index in [-0.39, 0.29) is 37.1 Å². The molecule has 0 atom stereocenters. The first-order chi connectivity index (χ1) is 11.9. The Hall–Kier alpha value is -2.11. The molecule has 1 N–H and O–H groups in total. The summed E-state index contributed by atoms with van der Waals surface area (Å²) in [5, 5.41) is 3.44. The van der Waals surface area contributed by atoms with Crippen molar-refractivity contribution in [3.8, 4) is 0 Å². The van der Waals surface area contributed by atoms with Crippen LogP contribution in [-0.4, -0.2) is 18.4 Å². The van der Waals surface area contributed by atoms with E-state index in [1.165, 1.54) is 17.9 Å². The minimum Gasteiger partial charge on any atom is -0.352 e. The second-order valence-corrected chi connectivity index (χ2v) is 6.29. The fraction of sp³-hybridized carbons (Fsp3) is 0.222. The standard InChI is InChI=1S/C18H17Cl2FN2O2/c1-12(24)23(16-9-14(19)8-15(20)10-16)7-6-18(25)22-11-13-4-2-3-5-17(13)21/h2-5,8-10H,6-7,11H2,1H3,(H,22,25). The third-order valence-corrected chi connectivity index (χ3v) is 3.97. The Labute approximate surface area is 155 Å². The molecule has 0 bridgehead atoms. The van der Waals surface area contributed by atoms with Crippen LogP contribution in [0.15, 0.2) is 42.5 Å². The Morgan fingerprint density at radius 2 is 1.76 bits per heavy atom. The zero-order chi connectivity index (χ0) is 18.4. The quantitative estimate of drug-likeness (QED) is 0.813. The summed E-state index contributed by atoms with van der Waals surface area (Å²) >= 11 is 11.9. The SMILES string of the molecule is CC(=O)N(CCC(=O)NCc1ccccc1F)c1cc(Cl)cc(Cl)c1. The van der Waals surface area contributed by atoms with Crippen molar-refractivity contribution in [2.45, 2.75) is 19.9 Å². The van der Waals surface area contributed by atoms with Gasteiger partial charge in [0.25, 0.3) is 0 Å². The molecule has 0 spiro atoms. The largest absolute Gasteiger partial charge is 0.352 e. The summed E-state index contributed by atoms with van der Waals surface area (Å²) in [7, 11) is 0. The van der Waals surface area contributed by atoms with Crippen molar-refractivity contribution >= 4 is 40.7 Å². The fourth-order valence-electron chi connectivity index (χ4n) is 2.30. The highest BCUT2D eigenvalue weighted by Crippen LogP contribution is 2.25. The van der Waals surface area contributed by atoms with Gasteiger partial charge in [-0.05, 0) is 24.3 Å². The summed E-state index contributed by atoms with van der Waals surface area (Å²) in [6.07, 6.45) is 0.0676. The molecule has 0 aliphatic carbocycles. The van der Waals surface area contributed by atoms with Gasteiger partial charge < -0.3 is 10.2 Å². The van der Waals surface area contributed by atoms with Crippen LogP contribution < -0.4 is 10.2 Å². The molecule has 0 fully saturated rings. The van der Waals surface area contributed by atoms with Gasteiger partial charge in [0.1, 0.15) is 5.82 Å². The van der Waals surface area contributed by atoms with Crippen LogP contribution in [0, 0.1) is 5.82 Å². The summed E-state index contributed by atoms with van der Waals surface area (Å²) in [4.78, 5) is 25.3. The van der Waals surface area contributed by atoms with E-state index < -0.39 is 0 Å². The van der Waals surface area contributed by atoms with E-state index in [1.807, 2.05) is 0 Å². The molecule has 132 valence electrons. The molecule has 2 amide bonds. The number of rotatable bonds is 6. The van der Waals surface area contributed by atoms with Gasteiger partial charge in [-0.1, -0.05) is 41.4 Å². The topological polar surface area (TPSA) is 49.4 Å². The van der Waals surface area contributed by atoms with Gasteiger partial charge in [-0.25, -0.2) is 4.39 Å². The summed E-state index contributed by atoms with van der Waals surface area (Å²) in [6.45, 7) is 1.65. The summed E-state index contributed by atoms with van der Waals surface area (Å²) in [5.74, 6) is -0.899. The van der Waals surface area contributed by atoms with E-state index in [4.69, 9.17) is 23.2 Å². The lowest BCUT2D eigenvalue weighted by Crippen LogP contribution is -2.33. The number of hydrogen-bond donors (Lipinski definition) is 1. The van der Waals surface area contributed by atoms with E-state index in [0.29, 0.717) is 21.3 Å². The first-order valence-corrected chi connectivity index (χ1v) is 8.36. The first kappa shape index (κ1) is 19.2. The zero-order valence-electron chi connectivity index (χ0n) is 13.6. The van der Waals surface area contributed by atoms with Crippen molar-refractivity contribution in [3.05, 3.63) is 63.9 Å². The lowest BCUT2D eigenvalue weighted by Gasteiger charge is -2.21. The predicted octanol–water partition coefficient (Wildman–Crippen LogP) is 4.19. The molecular weight excluding hydrogens is 366 g/mol. The third-order valence-electron chi connectivity index (χ3n) is 3.54. The molecular formula is C18H17Cl2FN2O2. The average Bonchev–Trinajstić information content (AvgIpc) is 2.53. The van der Waals surface area contributed by atoms with Gasteiger partial charge in [0.05, 0.1) is 0 Å². The predicted molar refractivity (Wildman–Crippen MR) is 97.4 cm³/mol. The Bertz CT molecular complexity index is 763. The van der Waals surface area contributed by atoms with Gasteiger partial charge in [-0.3, -0.25) is 9.59 Å². The molecule has 2 rings (SSSR count). The van der Waals surface area contributed by atoms with Crippen LogP contribution in [0.25, 0.3) is 0 Å². The lowest BCUT2D eigenvalue weighted by molar-refractivity contribution is -0.121. The molecule has 0 saturated carbocycles. The summed E-state index contributed by atoms with van der Waals surface area (Å²) < 4.78 is 13.5. The Kier molecular flexibility index (Phi) is 6.79. The number of nitrogens with one attached hydrogen (secondary N) is 1. The molecule has 0 heterocycles. The maximum Gasteiger partial charge on any atom is 0.223 e. The minimum atomic E-state index is -0.373. The monoisotopic (exact) mass is 382 g/mol. The van der Waals surface area contributed by atoms with Crippen LogP contribution in [0.3, 0.4) is 0 Å².